The third-order valence-corrected chi connectivity index (χ3v) is 4.33. The Morgan fingerprint density at radius 3 is 2.29 bits per heavy atom. The Balaban J connectivity index is 3.08. The number of esters is 2. The first-order chi connectivity index (χ1) is 9.74. The van der Waals surface area contributed by atoms with Crippen molar-refractivity contribution in [3.63, 3.8) is 0 Å². The SMILES string of the molecule is COC(=O)CCNS(=O)(=O)c1c(C)oc(C)c1C(=O)OC. The van der Waals surface area contributed by atoms with E-state index in [0.717, 1.165) is 7.11 Å². The van der Waals surface area contributed by atoms with Gasteiger partial charge in [0.15, 0.2) is 0 Å². The van der Waals surface area contributed by atoms with E-state index in [1.807, 2.05) is 0 Å². The van der Waals surface area contributed by atoms with Gasteiger partial charge in [0.25, 0.3) is 0 Å². The number of sulfonamides is 1. The van der Waals surface area contributed by atoms with Crippen molar-refractivity contribution < 1.29 is 31.9 Å². The predicted octanol–water partition coefficient (Wildman–Crippen LogP) is 0.524. The molecule has 0 radical (unpaired) electrons. The molecule has 0 aliphatic rings. The van der Waals surface area contributed by atoms with Crippen molar-refractivity contribution in [2.45, 2.75) is 25.2 Å². The largest absolute Gasteiger partial charge is 0.469 e. The topological polar surface area (TPSA) is 112 Å². The highest BCUT2D eigenvalue weighted by Crippen LogP contribution is 2.27. The van der Waals surface area contributed by atoms with Gasteiger partial charge < -0.3 is 13.9 Å². The Morgan fingerprint density at radius 1 is 1.14 bits per heavy atom. The fraction of sp³-hybridized carbons (Fsp3) is 0.500. The highest BCUT2D eigenvalue weighted by Gasteiger charge is 2.31. The van der Waals surface area contributed by atoms with Crippen LogP contribution >= 0.6 is 0 Å². The van der Waals surface area contributed by atoms with E-state index in [4.69, 9.17) is 4.42 Å². The monoisotopic (exact) mass is 319 g/mol. The third kappa shape index (κ3) is 3.82. The van der Waals surface area contributed by atoms with Gasteiger partial charge in [-0.2, -0.15) is 0 Å². The van der Waals surface area contributed by atoms with E-state index >= 15 is 0 Å². The van der Waals surface area contributed by atoms with Crippen LogP contribution in [0.4, 0.5) is 0 Å². The van der Waals surface area contributed by atoms with Gasteiger partial charge in [-0.25, -0.2) is 17.9 Å². The highest BCUT2D eigenvalue weighted by atomic mass is 32.2. The number of aryl methyl sites for hydroxylation is 2. The molecule has 0 saturated heterocycles. The lowest BCUT2D eigenvalue weighted by atomic mass is 10.2. The molecule has 0 fully saturated rings. The van der Waals surface area contributed by atoms with Crippen LogP contribution in [0.5, 0.6) is 0 Å². The summed E-state index contributed by atoms with van der Waals surface area (Å²) >= 11 is 0. The number of carbonyl (C=O) groups is 2. The normalized spacial score (nSPS) is 11.2. The number of hydrogen-bond acceptors (Lipinski definition) is 7. The highest BCUT2D eigenvalue weighted by molar-refractivity contribution is 7.89. The van der Waals surface area contributed by atoms with Gasteiger partial charge in [-0.15, -0.1) is 0 Å². The van der Waals surface area contributed by atoms with E-state index in [1.165, 1.54) is 21.0 Å². The van der Waals surface area contributed by atoms with E-state index in [-0.39, 0.29) is 34.9 Å². The zero-order valence-electron chi connectivity index (χ0n) is 12.2. The van der Waals surface area contributed by atoms with Crippen molar-refractivity contribution in [1.82, 2.24) is 4.72 Å². The van der Waals surface area contributed by atoms with Gasteiger partial charge in [-0.3, -0.25) is 4.79 Å². The van der Waals surface area contributed by atoms with Crippen LogP contribution in [0, 0.1) is 13.8 Å². The zero-order valence-corrected chi connectivity index (χ0v) is 13.0. The molecule has 118 valence electrons. The maximum Gasteiger partial charge on any atom is 0.342 e. The maximum absolute atomic E-state index is 12.2. The summed E-state index contributed by atoms with van der Waals surface area (Å²) in [5, 5.41) is 0. The number of rotatable bonds is 6. The van der Waals surface area contributed by atoms with Crippen LogP contribution < -0.4 is 4.72 Å². The van der Waals surface area contributed by atoms with Crippen LogP contribution in [0.15, 0.2) is 9.31 Å². The van der Waals surface area contributed by atoms with Crippen molar-refractivity contribution in [1.29, 1.82) is 0 Å². The Labute approximate surface area is 122 Å². The lowest BCUT2D eigenvalue weighted by Crippen LogP contribution is -2.28. The zero-order chi connectivity index (χ0) is 16.2. The number of furan rings is 1. The van der Waals surface area contributed by atoms with E-state index in [9.17, 15) is 18.0 Å². The summed E-state index contributed by atoms with van der Waals surface area (Å²) in [6, 6.07) is 0. The molecule has 1 aromatic heterocycles. The van der Waals surface area contributed by atoms with Crippen molar-refractivity contribution in [3.8, 4) is 0 Å². The molecule has 1 rings (SSSR count). The minimum absolute atomic E-state index is 0.0680. The standard InChI is InChI=1S/C12H17NO7S/c1-7-10(12(15)19-4)11(8(2)20-7)21(16,17)13-6-5-9(14)18-3/h13H,5-6H2,1-4H3. The number of nitrogens with one attached hydrogen (secondary N) is 1. The fourth-order valence-electron chi connectivity index (χ4n) is 1.79. The predicted molar refractivity (Wildman–Crippen MR) is 71.3 cm³/mol. The van der Waals surface area contributed by atoms with Crippen molar-refractivity contribution in [2.24, 2.45) is 0 Å². The van der Waals surface area contributed by atoms with Gasteiger partial charge in [0.1, 0.15) is 22.0 Å². The van der Waals surface area contributed by atoms with Crippen LogP contribution in [0.25, 0.3) is 0 Å². The van der Waals surface area contributed by atoms with Crippen LogP contribution in [-0.2, 0) is 24.3 Å². The van der Waals surface area contributed by atoms with Gasteiger partial charge in [-0.1, -0.05) is 0 Å². The maximum atomic E-state index is 12.2. The van der Waals surface area contributed by atoms with Crippen LogP contribution in [0.1, 0.15) is 28.3 Å². The molecule has 8 nitrogen and oxygen atoms in total. The van der Waals surface area contributed by atoms with Gasteiger partial charge in [-0.05, 0) is 13.8 Å². The van der Waals surface area contributed by atoms with Crippen molar-refractivity contribution in [2.75, 3.05) is 20.8 Å². The smallest absolute Gasteiger partial charge is 0.342 e. The molecule has 1 heterocycles. The summed E-state index contributed by atoms with van der Waals surface area (Å²) in [6.07, 6.45) is -0.126. The Bertz CT molecular complexity index is 645. The van der Waals surface area contributed by atoms with E-state index in [0.29, 0.717) is 0 Å². The van der Waals surface area contributed by atoms with E-state index in [1.54, 1.807) is 0 Å². The summed E-state index contributed by atoms with van der Waals surface area (Å²) in [7, 11) is -1.66. The second-order valence-electron chi connectivity index (χ2n) is 4.13. The molecule has 0 unspecified atom stereocenters. The first-order valence-corrected chi connectivity index (χ1v) is 7.47. The Hall–Kier alpha value is -1.87. The summed E-state index contributed by atoms with van der Waals surface area (Å²) in [5.41, 5.74) is -0.152. The quantitative estimate of drug-likeness (QED) is 0.761. The number of hydrogen-bond donors (Lipinski definition) is 1. The number of ether oxygens (including phenoxy) is 2. The molecule has 0 atom stereocenters. The molecule has 0 spiro atoms. The van der Waals surface area contributed by atoms with Crippen LogP contribution in [-0.4, -0.2) is 41.1 Å². The van der Waals surface area contributed by atoms with Gasteiger partial charge in [0, 0.05) is 6.54 Å². The average molecular weight is 319 g/mol. The minimum atomic E-state index is -4.01. The lowest BCUT2D eigenvalue weighted by Gasteiger charge is -2.07. The van der Waals surface area contributed by atoms with Gasteiger partial charge in [0.2, 0.25) is 10.0 Å². The summed E-state index contributed by atoms with van der Waals surface area (Å²) in [4.78, 5) is 22.4. The van der Waals surface area contributed by atoms with Crippen LogP contribution in [0.3, 0.4) is 0 Å². The Kier molecular flexibility index (Phi) is 5.50. The number of carbonyl (C=O) groups excluding carboxylic acids is 2. The number of methoxy groups -OCH3 is 2. The van der Waals surface area contributed by atoms with E-state index < -0.39 is 22.0 Å². The van der Waals surface area contributed by atoms with Gasteiger partial charge in [0.05, 0.1) is 20.6 Å². The molecule has 21 heavy (non-hydrogen) atoms. The first-order valence-electron chi connectivity index (χ1n) is 5.99. The van der Waals surface area contributed by atoms with Crippen molar-refractivity contribution >= 4 is 22.0 Å². The molecule has 9 heteroatoms. The summed E-state index contributed by atoms with van der Waals surface area (Å²) in [6.45, 7) is 2.74. The fourth-order valence-corrected chi connectivity index (χ4v) is 3.22. The molecular weight excluding hydrogens is 302 g/mol. The molecule has 0 bridgehead atoms. The van der Waals surface area contributed by atoms with E-state index in [2.05, 4.69) is 14.2 Å². The van der Waals surface area contributed by atoms with Crippen LogP contribution in [0.2, 0.25) is 0 Å². The molecule has 1 N–H and O–H groups in total. The second-order valence-corrected chi connectivity index (χ2v) is 5.84. The first kappa shape index (κ1) is 17.2. The molecule has 0 amide bonds. The minimum Gasteiger partial charge on any atom is -0.469 e. The average Bonchev–Trinajstić information content (AvgIpc) is 2.72. The molecule has 1 aromatic rings. The summed E-state index contributed by atoms with van der Waals surface area (Å²) in [5.74, 6) is -1.14. The summed E-state index contributed by atoms with van der Waals surface area (Å²) < 4.78 is 40.9. The molecular formula is C12H17NO7S. The van der Waals surface area contributed by atoms with Gasteiger partial charge >= 0.3 is 11.9 Å². The molecule has 0 saturated carbocycles. The third-order valence-electron chi connectivity index (χ3n) is 2.71. The molecule has 0 aromatic carbocycles. The molecule has 0 aliphatic carbocycles. The lowest BCUT2D eigenvalue weighted by molar-refractivity contribution is -0.140. The Morgan fingerprint density at radius 2 is 1.76 bits per heavy atom. The molecule has 0 aliphatic heterocycles. The second kappa shape index (κ2) is 6.72. The van der Waals surface area contributed by atoms with Crippen molar-refractivity contribution in [3.05, 3.63) is 17.1 Å².